The van der Waals surface area contributed by atoms with E-state index in [2.05, 4.69) is 19.2 Å². The van der Waals surface area contributed by atoms with Gasteiger partial charge in [-0.1, -0.05) is 179 Å². The SMILES string of the molecule is CCCCCCCCCCCCCCCc1csc2c1sc1c(CCCCCCCCCCCCCCC)c(O)sc12. The molecule has 0 saturated heterocycles. The Labute approximate surface area is 271 Å². The fraction of sp³-hybridized carbons (Fsp3) is 0.789. The highest BCUT2D eigenvalue weighted by atomic mass is 32.1. The third-order valence-corrected chi connectivity index (χ3v) is 13.1. The molecule has 3 heterocycles. The average Bonchev–Trinajstić information content (AvgIpc) is 3.64. The minimum absolute atomic E-state index is 0.587. The van der Waals surface area contributed by atoms with Gasteiger partial charge >= 0.3 is 0 Å². The first-order valence-electron chi connectivity index (χ1n) is 18.4. The lowest BCUT2D eigenvalue weighted by Gasteiger charge is -2.03. The summed E-state index contributed by atoms with van der Waals surface area (Å²) in [6.45, 7) is 4.60. The number of unbranched alkanes of at least 4 members (excludes halogenated alkanes) is 24. The van der Waals surface area contributed by atoms with Gasteiger partial charge in [-0.15, -0.1) is 22.7 Å². The number of hydrogen-bond donors (Lipinski definition) is 1. The van der Waals surface area contributed by atoms with Crippen LogP contribution in [-0.4, -0.2) is 5.11 Å². The molecule has 4 heteroatoms. The smallest absolute Gasteiger partial charge is 0.176 e. The van der Waals surface area contributed by atoms with Crippen LogP contribution in [0.15, 0.2) is 5.38 Å². The van der Waals surface area contributed by atoms with Crippen molar-refractivity contribution < 1.29 is 5.11 Å². The molecule has 42 heavy (non-hydrogen) atoms. The van der Waals surface area contributed by atoms with Crippen LogP contribution >= 0.6 is 34.0 Å². The second kappa shape index (κ2) is 22.9. The van der Waals surface area contributed by atoms with Crippen LogP contribution in [0.2, 0.25) is 0 Å². The summed E-state index contributed by atoms with van der Waals surface area (Å²) in [6, 6.07) is 0. The number of thiophene rings is 3. The van der Waals surface area contributed by atoms with Gasteiger partial charge in [0.2, 0.25) is 0 Å². The minimum Gasteiger partial charge on any atom is -0.499 e. The molecule has 3 rings (SSSR count). The molecule has 0 aliphatic carbocycles. The van der Waals surface area contributed by atoms with Crippen molar-refractivity contribution in [3.63, 3.8) is 0 Å². The largest absolute Gasteiger partial charge is 0.499 e. The number of fused-ring (bicyclic) bond motifs is 3. The van der Waals surface area contributed by atoms with Gasteiger partial charge in [-0.2, -0.15) is 0 Å². The number of aromatic hydroxyl groups is 1. The molecule has 1 N–H and O–H groups in total. The van der Waals surface area contributed by atoms with Crippen LogP contribution in [0.5, 0.6) is 5.06 Å². The van der Waals surface area contributed by atoms with E-state index in [-0.39, 0.29) is 0 Å². The Morgan fingerprint density at radius 2 is 0.833 bits per heavy atom. The van der Waals surface area contributed by atoms with E-state index in [4.69, 9.17) is 0 Å². The zero-order valence-corrected chi connectivity index (χ0v) is 30.0. The van der Waals surface area contributed by atoms with Gasteiger partial charge in [0.15, 0.2) is 5.06 Å². The van der Waals surface area contributed by atoms with Crippen molar-refractivity contribution in [1.82, 2.24) is 0 Å². The van der Waals surface area contributed by atoms with Gasteiger partial charge in [0, 0.05) is 5.56 Å². The fourth-order valence-corrected chi connectivity index (χ4v) is 10.6. The number of aryl methyl sites for hydroxylation is 2. The summed E-state index contributed by atoms with van der Waals surface area (Å²) in [5.74, 6) is 0. The Bertz CT molecular complexity index is 1060. The highest BCUT2D eigenvalue weighted by Gasteiger charge is 2.19. The van der Waals surface area contributed by atoms with Gasteiger partial charge in [0.1, 0.15) is 0 Å². The summed E-state index contributed by atoms with van der Waals surface area (Å²) in [5.41, 5.74) is 2.82. The second-order valence-corrected chi connectivity index (χ2v) is 15.9. The molecular weight excluding hydrogens is 569 g/mol. The van der Waals surface area contributed by atoms with Crippen LogP contribution in [-0.2, 0) is 12.8 Å². The van der Waals surface area contributed by atoms with Crippen molar-refractivity contribution in [2.75, 3.05) is 0 Å². The first kappa shape index (κ1) is 35.9. The van der Waals surface area contributed by atoms with E-state index in [0.29, 0.717) is 5.06 Å². The summed E-state index contributed by atoms with van der Waals surface area (Å²) in [6.07, 6.45) is 38.8. The Kier molecular flexibility index (Phi) is 19.5. The number of rotatable bonds is 28. The van der Waals surface area contributed by atoms with Gasteiger partial charge in [-0.3, -0.25) is 0 Å². The summed E-state index contributed by atoms with van der Waals surface area (Å²) < 4.78 is 5.71. The van der Waals surface area contributed by atoms with Crippen LogP contribution in [0.4, 0.5) is 0 Å². The molecule has 0 aromatic carbocycles. The van der Waals surface area contributed by atoms with Gasteiger partial charge in [0.05, 0.1) is 18.8 Å². The summed E-state index contributed by atoms with van der Waals surface area (Å²) in [4.78, 5) is 0. The molecule has 0 atom stereocenters. The Morgan fingerprint density at radius 1 is 0.429 bits per heavy atom. The van der Waals surface area contributed by atoms with Crippen molar-refractivity contribution in [3.8, 4) is 5.06 Å². The van der Waals surface area contributed by atoms with Crippen molar-refractivity contribution in [2.24, 2.45) is 0 Å². The molecule has 0 aliphatic heterocycles. The molecule has 0 radical (unpaired) electrons. The molecular formula is C38H64OS3. The van der Waals surface area contributed by atoms with Crippen molar-refractivity contribution in [1.29, 1.82) is 0 Å². The molecule has 0 unspecified atom stereocenters. The van der Waals surface area contributed by atoms with Gasteiger partial charge < -0.3 is 5.11 Å². The van der Waals surface area contributed by atoms with Gasteiger partial charge in [-0.25, -0.2) is 0 Å². The Hall–Kier alpha value is -0.580. The molecule has 3 aromatic rings. The highest BCUT2D eigenvalue weighted by Crippen LogP contribution is 2.49. The zero-order valence-electron chi connectivity index (χ0n) is 27.5. The molecule has 0 saturated carbocycles. The molecule has 0 spiro atoms. The molecule has 1 nitrogen and oxygen atoms in total. The third kappa shape index (κ3) is 13.2. The first-order valence-corrected chi connectivity index (χ1v) is 20.9. The van der Waals surface area contributed by atoms with Crippen LogP contribution in [0.1, 0.15) is 192 Å². The average molecular weight is 633 g/mol. The molecule has 0 aliphatic rings. The topological polar surface area (TPSA) is 20.2 Å². The van der Waals surface area contributed by atoms with Crippen LogP contribution < -0.4 is 0 Å². The van der Waals surface area contributed by atoms with E-state index in [1.165, 1.54) is 198 Å². The zero-order chi connectivity index (χ0) is 29.7. The maximum Gasteiger partial charge on any atom is 0.176 e. The first-order chi connectivity index (χ1) is 20.8. The Morgan fingerprint density at radius 3 is 1.29 bits per heavy atom. The standard InChI is InChI=1S/C38H64OS3/c1-3-5-7-9-11-13-15-17-19-21-23-25-27-29-32-31-40-36-34(32)41-35-33(38(39)42-37(35)36)30-28-26-24-22-20-18-16-14-12-10-8-6-4-2/h31,39H,3-30H2,1-2H3. The lowest BCUT2D eigenvalue weighted by molar-refractivity contribution is 0.482. The lowest BCUT2D eigenvalue weighted by Crippen LogP contribution is -1.86. The second-order valence-electron chi connectivity index (χ2n) is 13.1. The predicted octanol–water partition coefficient (Wildman–Crippen LogP) is 15.2. The quantitative estimate of drug-likeness (QED) is 0.0790. The summed E-state index contributed by atoms with van der Waals surface area (Å²) in [7, 11) is 0. The highest BCUT2D eigenvalue weighted by molar-refractivity contribution is 7.39. The fourth-order valence-electron chi connectivity index (χ4n) is 6.50. The van der Waals surface area contributed by atoms with Crippen LogP contribution in [0, 0.1) is 0 Å². The predicted molar refractivity (Wildman–Crippen MR) is 196 cm³/mol. The molecule has 3 aromatic heterocycles. The molecule has 0 bridgehead atoms. The van der Waals surface area contributed by atoms with E-state index >= 15 is 0 Å². The van der Waals surface area contributed by atoms with E-state index < -0.39 is 0 Å². The molecule has 0 amide bonds. The van der Waals surface area contributed by atoms with Crippen LogP contribution in [0.25, 0.3) is 18.8 Å². The Balaban J connectivity index is 1.26. The maximum absolute atomic E-state index is 10.7. The molecule has 0 fully saturated rings. The van der Waals surface area contributed by atoms with E-state index in [0.717, 1.165) is 6.42 Å². The minimum atomic E-state index is 0.587. The maximum atomic E-state index is 10.7. The van der Waals surface area contributed by atoms with Gasteiger partial charge in [-0.05, 0) is 36.6 Å². The molecule has 240 valence electrons. The number of hydrogen-bond acceptors (Lipinski definition) is 4. The van der Waals surface area contributed by atoms with Crippen molar-refractivity contribution in [2.45, 2.75) is 194 Å². The van der Waals surface area contributed by atoms with Crippen molar-refractivity contribution >= 4 is 52.8 Å². The van der Waals surface area contributed by atoms with E-state index in [1.54, 1.807) is 16.9 Å². The van der Waals surface area contributed by atoms with Gasteiger partial charge in [0.25, 0.3) is 0 Å². The van der Waals surface area contributed by atoms with E-state index in [9.17, 15) is 5.11 Å². The summed E-state index contributed by atoms with van der Waals surface area (Å²) >= 11 is 5.53. The third-order valence-electron chi connectivity index (χ3n) is 9.24. The van der Waals surface area contributed by atoms with Crippen LogP contribution in [0.3, 0.4) is 0 Å². The monoisotopic (exact) mass is 632 g/mol. The normalized spacial score (nSPS) is 12.0. The van der Waals surface area contributed by atoms with Crippen molar-refractivity contribution in [3.05, 3.63) is 16.5 Å². The summed E-state index contributed by atoms with van der Waals surface area (Å²) in [5, 5.41) is 13.7. The lowest BCUT2D eigenvalue weighted by atomic mass is 10.0. The van der Waals surface area contributed by atoms with E-state index in [1.807, 2.05) is 22.7 Å².